The minimum atomic E-state index is -0.148. The first-order valence-corrected chi connectivity index (χ1v) is 12.3. The minimum Gasteiger partial charge on any atom is -0.507 e. The molecule has 0 amide bonds. The lowest BCUT2D eigenvalue weighted by Gasteiger charge is -2.36. The summed E-state index contributed by atoms with van der Waals surface area (Å²) in [5, 5.41) is 41.1. The predicted molar refractivity (Wildman–Crippen MR) is 134 cm³/mol. The van der Waals surface area contributed by atoms with Crippen molar-refractivity contribution in [3.05, 3.63) is 69.3 Å². The normalized spacial score (nSPS) is 18.6. The Morgan fingerprint density at radius 1 is 0.818 bits per heavy atom. The molecule has 4 heteroatoms. The molecule has 3 rings (SSSR count). The smallest absolute Gasteiger partial charge is 0.122 e. The van der Waals surface area contributed by atoms with Crippen molar-refractivity contribution < 1.29 is 20.4 Å². The molecule has 4 nitrogen and oxygen atoms in total. The van der Waals surface area contributed by atoms with Crippen molar-refractivity contribution >= 4 is 0 Å². The van der Waals surface area contributed by atoms with Gasteiger partial charge >= 0.3 is 0 Å². The molecular formula is C29H40O4. The summed E-state index contributed by atoms with van der Waals surface area (Å²) in [5.74, 6) is 0.994. The lowest BCUT2D eigenvalue weighted by Crippen LogP contribution is -2.24. The van der Waals surface area contributed by atoms with E-state index in [4.69, 9.17) is 0 Å². The highest BCUT2D eigenvalue weighted by Crippen LogP contribution is 2.49. The van der Waals surface area contributed by atoms with Gasteiger partial charge in [0.2, 0.25) is 0 Å². The van der Waals surface area contributed by atoms with Crippen LogP contribution >= 0.6 is 0 Å². The quantitative estimate of drug-likeness (QED) is 0.369. The van der Waals surface area contributed by atoms with Crippen LogP contribution in [0.5, 0.6) is 11.5 Å². The molecule has 2 atom stereocenters. The van der Waals surface area contributed by atoms with Crippen LogP contribution < -0.4 is 0 Å². The maximum Gasteiger partial charge on any atom is 0.122 e. The molecule has 2 aromatic rings. The maximum atomic E-state index is 11.2. The van der Waals surface area contributed by atoms with Crippen molar-refractivity contribution in [1.82, 2.24) is 0 Å². The van der Waals surface area contributed by atoms with Gasteiger partial charge in [-0.2, -0.15) is 0 Å². The zero-order valence-corrected chi connectivity index (χ0v) is 20.6. The highest BCUT2D eigenvalue weighted by atomic mass is 16.3. The number of allylic oxidation sites excluding steroid dienone is 2. The van der Waals surface area contributed by atoms with E-state index < -0.39 is 0 Å². The van der Waals surface area contributed by atoms with Gasteiger partial charge in [0.15, 0.2) is 0 Å². The molecule has 33 heavy (non-hydrogen) atoms. The summed E-state index contributed by atoms with van der Waals surface area (Å²) in [7, 11) is 0. The number of aliphatic hydroxyl groups excluding tert-OH is 2. The molecule has 2 unspecified atom stereocenters. The minimum absolute atomic E-state index is 0.134. The Balaban J connectivity index is 2.21. The third-order valence-corrected chi connectivity index (χ3v) is 7.22. The zero-order valence-electron chi connectivity index (χ0n) is 20.6. The van der Waals surface area contributed by atoms with E-state index in [1.165, 1.54) is 5.57 Å². The van der Waals surface area contributed by atoms with E-state index in [9.17, 15) is 20.4 Å². The van der Waals surface area contributed by atoms with Gasteiger partial charge in [-0.3, -0.25) is 0 Å². The van der Waals surface area contributed by atoms with Crippen LogP contribution in [0.25, 0.3) is 0 Å². The fourth-order valence-electron chi connectivity index (χ4n) is 5.51. The first-order chi connectivity index (χ1) is 15.8. The molecule has 0 aliphatic heterocycles. The summed E-state index contributed by atoms with van der Waals surface area (Å²) in [6.45, 7) is 8.53. The monoisotopic (exact) mass is 452 g/mol. The molecule has 0 saturated heterocycles. The number of aromatic hydroxyl groups is 2. The van der Waals surface area contributed by atoms with Gasteiger partial charge in [0, 0.05) is 30.3 Å². The summed E-state index contributed by atoms with van der Waals surface area (Å²) in [4.78, 5) is 0. The molecule has 2 aromatic carbocycles. The molecule has 4 N–H and O–H groups in total. The second kappa shape index (κ2) is 11.2. The van der Waals surface area contributed by atoms with Crippen molar-refractivity contribution in [2.24, 2.45) is 11.8 Å². The van der Waals surface area contributed by atoms with Crippen LogP contribution in [0.4, 0.5) is 0 Å². The van der Waals surface area contributed by atoms with Gasteiger partial charge < -0.3 is 20.4 Å². The number of aryl methyl sites for hydroxylation is 4. The number of hydrogen-bond acceptors (Lipinski definition) is 4. The van der Waals surface area contributed by atoms with Crippen molar-refractivity contribution in [1.29, 1.82) is 0 Å². The molecule has 0 saturated carbocycles. The van der Waals surface area contributed by atoms with Crippen LogP contribution in [-0.4, -0.2) is 33.6 Å². The number of aliphatic hydroxyl groups is 2. The third-order valence-electron chi connectivity index (χ3n) is 7.22. The van der Waals surface area contributed by atoms with Crippen molar-refractivity contribution in [3.8, 4) is 11.5 Å². The molecule has 0 radical (unpaired) electrons. The molecule has 0 fully saturated rings. The van der Waals surface area contributed by atoms with E-state index in [0.717, 1.165) is 59.1 Å². The Labute approximate surface area is 198 Å². The van der Waals surface area contributed by atoms with Crippen LogP contribution in [0.15, 0.2) is 35.9 Å². The fraction of sp³-hybridized carbons (Fsp3) is 0.517. The van der Waals surface area contributed by atoms with Gasteiger partial charge in [-0.1, -0.05) is 42.8 Å². The molecule has 1 aliphatic rings. The lowest BCUT2D eigenvalue weighted by molar-refractivity contribution is 0.288. The summed E-state index contributed by atoms with van der Waals surface area (Å²) in [6, 6.07) is 8.16. The van der Waals surface area contributed by atoms with Crippen molar-refractivity contribution in [2.45, 2.75) is 72.1 Å². The molecule has 0 bridgehead atoms. The Morgan fingerprint density at radius 2 is 1.30 bits per heavy atom. The number of hydrogen-bond donors (Lipinski definition) is 4. The molecule has 1 aliphatic carbocycles. The topological polar surface area (TPSA) is 80.9 Å². The summed E-state index contributed by atoms with van der Waals surface area (Å²) < 4.78 is 0. The van der Waals surface area contributed by atoms with Crippen molar-refractivity contribution in [2.75, 3.05) is 13.2 Å². The SMILES string of the molecule is CC1=CC(C)C(C(c2cc(CCCO)cc(C)c2O)c2cc(CCCO)cc(C)c2O)CC1. The van der Waals surface area contributed by atoms with Gasteiger partial charge in [0.1, 0.15) is 11.5 Å². The van der Waals surface area contributed by atoms with Gasteiger partial charge in [-0.25, -0.2) is 0 Å². The standard InChI is InChI=1S/C29H40O4/c1-18-9-10-24(19(2)13-18)27(25-16-22(7-5-11-30)14-20(3)28(25)32)26-17-23(8-6-12-31)15-21(4)29(26)33/h13-17,19,24,27,30-33H,5-12H2,1-4H3. The molecule has 0 heterocycles. The van der Waals surface area contributed by atoms with Crippen LogP contribution in [0.1, 0.15) is 78.8 Å². The van der Waals surface area contributed by atoms with E-state index in [2.05, 4.69) is 32.1 Å². The Bertz CT molecular complexity index is 928. The molecule has 0 spiro atoms. The number of rotatable bonds is 9. The first-order valence-electron chi connectivity index (χ1n) is 12.3. The largest absolute Gasteiger partial charge is 0.507 e. The average molecular weight is 453 g/mol. The van der Waals surface area contributed by atoms with Gasteiger partial charge in [-0.05, 0) is 93.4 Å². The number of phenolic OH excluding ortho intramolecular Hbond substituents is 2. The van der Waals surface area contributed by atoms with Gasteiger partial charge in [0.25, 0.3) is 0 Å². The van der Waals surface area contributed by atoms with Crippen LogP contribution in [0, 0.1) is 25.7 Å². The summed E-state index contributed by atoms with van der Waals surface area (Å²) >= 11 is 0. The Hall–Kier alpha value is -2.30. The third kappa shape index (κ3) is 5.80. The molecular weight excluding hydrogens is 412 g/mol. The lowest BCUT2D eigenvalue weighted by atomic mass is 9.68. The Morgan fingerprint density at radius 3 is 1.73 bits per heavy atom. The van der Waals surface area contributed by atoms with Gasteiger partial charge in [-0.15, -0.1) is 0 Å². The Kier molecular flexibility index (Phi) is 8.61. The van der Waals surface area contributed by atoms with E-state index in [0.29, 0.717) is 30.3 Å². The highest BCUT2D eigenvalue weighted by Gasteiger charge is 2.35. The van der Waals surface area contributed by atoms with Crippen LogP contribution in [0.2, 0.25) is 0 Å². The van der Waals surface area contributed by atoms with E-state index in [1.807, 2.05) is 26.0 Å². The predicted octanol–water partition coefficient (Wildman–Crippen LogP) is 5.69. The van der Waals surface area contributed by atoms with E-state index >= 15 is 0 Å². The second-order valence-corrected chi connectivity index (χ2v) is 9.91. The van der Waals surface area contributed by atoms with E-state index in [1.54, 1.807) is 0 Å². The zero-order chi connectivity index (χ0) is 24.1. The number of benzene rings is 2. The second-order valence-electron chi connectivity index (χ2n) is 9.91. The maximum absolute atomic E-state index is 11.2. The summed E-state index contributed by atoms with van der Waals surface area (Å²) in [5.41, 5.74) is 6.97. The van der Waals surface area contributed by atoms with Crippen LogP contribution in [-0.2, 0) is 12.8 Å². The van der Waals surface area contributed by atoms with Gasteiger partial charge in [0.05, 0.1) is 0 Å². The summed E-state index contributed by atoms with van der Waals surface area (Å²) in [6.07, 6.45) is 7.19. The first kappa shape index (κ1) is 25.3. The average Bonchev–Trinajstić information content (AvgIpc) is 2.78. The van der Waals surface area contributed by atoms with Crippen LogP contribution in [0.3, 0.4) is 0 Å². The highest BCUT2D eigenvalue weighted by molar-refractivity contribution is 5.54. The number of phenols is 2. The molecule has 0 aromatic heterocycles. The fourth-order valence-corrected chi connectivity index (χ4v) is 5.51. The molecule has 180 valence electrons. The van der Waals surface area contributed by atoms with E-state index in [-0.39, 0.29) is 25.0 Å². The van der Waals surface area contributed by atoms with Crippen molar-refractivity contribution in [3.63, 3.8) is 0 Å².